The molecule has 4 aromatic rings. The molecular formula is C25H23N3O. The second kappa shape index (κ2) is 8.57. The van der Waals surface area contributed by atoms with Gasteiger partial charge in [0.15, 0.2) is 0 Å². The van der Waals surface area contributed by atoms with E-state index in [1.807, 2.05) is 60.7 Å². The maximum absolute atomic E-state index is 12.8. The molecule has 0 aliphatic rings. The fraction of sp³-hybridized carbons (Fsp3) is 0.120. The Bertz CT molecular complexity index is 1150. The van der Waals surface area contributed by atoms with Gasteiger partial charge in [0.25, 0.3) is 5.91 Å². The fourth-order valence-electron chi connectivity index (χ4n) is 3.42. The van der Waals surface area contributed by atoms with Crippen molar-refractivity contribution in [1.29, 1.82) is 0 Å². The van der Waals surface area contributed by atoms with Crippen molar-refractivity contribution in [3.05, 3.63) is 102 Å². The summed E-state index contributed by atoms with van der Waals surface area (Å²) in [6, 6.07) is 25.7. The fourth-order valence-corrected chi connectivity index (χ4v) is 3.42. The lowest BCUT2D eigenvalue weighted by molar-refractivity contribution is 0.102. The van der Waals surface area contributed by atoms with Gasteiger partial charge in [0.2, 0.25) is 0 Å². The Kier molecular flexibility index (Phi) is 5.52. The van der Waals surface area contributed by atoms with Crippen LogP contribution in [0.25, 0.3) is 10.9 Å². The van der Waals surface area contributed by atoms with E-state index in [2.05, 4.69) is 40.7 Å². The van der Waals surface area contributed by atoms with E-state index in [0.29, 0.717) is 17.8 Å². The van der Waals surface area contributed by atoms with Crippen LogP contribution in [0.5, 0.6) is 0 Å². The number of benzene rings is 3. The Morgan fingerprint density at radius 1 is 0.897 bits per heavy atom. The maximum atomic E-state index is 12.8. The van der Waals surface area contributed by atoms with Crippen LogP contribution in [0.15, 0.2) is 85.1 Å². The van der Waals surface area contributed by atoms with Crippen LogP contribution in [0.3, 0.4) is 0 Å². The van der Waals surface area contributed by atoms with Crippen molar-refractivity contribution >= 4 is 28.2 Å². The number of para-hydroxylation sites is 2. The number of hydrogen-bond donors (Lipinski definition) is 2. The average molecular weight is 381 g/mol. The molecule has 4 heteroatoms. The van der Waals surface area contributed by atoms with Crippen molar-refractivity contribution < 1.29 is 4.79 Å². The Labute approximate surface area is 170 Å². The lowest BCUT2D eigenvalue weighted by Gasteiger charge is -2.12. The molecule has 0 aliphatic heterocycles. The summed E-state index contributed by atoms with van der Waals surface area (Å²) in [6.45, 7) is 2.81. The van der Waals surface area contributed by atoms with Gasteiger partial charge in [-0.05, 0) is 47.9 Å². The van der Waals surface area contributed by atoms with Crippen LogP contribution < -0.4 is 10.6 Å². The molecule has 1 aromatic heterocycles. The first-order valence-corrected chi connectivity index (χ1v) is 9.80. The molecule has 1 amide bonds. The molecular weight excluding hydrogens is 358 g/mol. The van der Waals surface area contributed by atoms with Crippen LogP contribution in [0.4, 0.5) is 11.4 Å². The highest BCUT2D eigenvalue weighted by Gasteiger charge is 2.10. The van der Waals surface area contributed by atoms with Gasteiger partial charge in [0, 0.05) is 29.4 Å². The molecule has 0 atom stereocenters. The molecule has 0 fully saturated rings. The Hall–Kier alpha value is -3.66. The maximum Gasteiger partial charge on any atom is 0.255 e. The number of aryl methyl sites for hydroxylation is 1. The molecule has 4 nitrogen and oxygen atoms in total. The van der Waals surface area contributed by atoms with Gasteiger partial charge in [-0.3, -0.25) is 9.78 Å². The smallest absolute Gasteiger partial charge is 0.255 e. The summed E-state index contributed by atoms with van der Waals surface area (Å²) in [5.74, 6) is -0.140. The summed E-state index contributed by atoms with van der Waals surface area (Å²) < 4.78 is 0. The highest BCUT2D eigenvalue weighted by molar-refractivity contribution is 6.08. The molecule has 0 bridgehead atoms. The van der Waals surface area contributed by atoms with E-state index in [0.717, 1.165) is 28.6 Å². The first kappa shape index (κ1) is 18.7. The van der Waals surface area contributed by atoms with E-state index < -0.39 is 0 Å². The second-order valence-electron chi connectivity index (χ2n) is 6.90. The quantitative estimate of drug-likeness (QED) is 0.453. The largest absolute Gasteiger partial charge is 0.381 e. The van der Waals surface area contributed by atoms with Gasteiger partial charge < -0.3 is 10.6 Å². The van der Waals surface area contributed by atoms with Gasteiger partial charge in [-0.2, -0.15) is 0 Å². The van der Waals surface area contributed by atoms with Gasteiger partial charge in [0.05, 0.1) is 11.2 Å². The predicted octanol–water partition coefficient (Wildman–Crippen LogP) is 5.66. The third-order valence-corrected chi connectivity index (χ3v) is 4.95. The Morgan fingerprint density at radius 3 is 2.59 bits per heavy atom. The number of carbonyl (C=O) groups is 1. The number of fused-ring (bicyclic) bond motifs is 1. The summed E-state index contributed by atoms with van der Waals surface area (Å²) in [5.41, 5.74) is 5.60. The lowest BCUT2D eigenvalue weighted by atomic mass is 10.1. The molecule has 0 saturated heterocycles. The molecule has 0 saturated carbocycles. The zero-order valence-corrected chi connectivity index (χ0v) is 16.4. The number of nitrogens with one attached hydrogen (secondary N) is 2. The van der Waals surface area contributed by atoms with E-state index in [9.17, 15) is 4.79 Å². The van der Waals surface area contributed by atoms with E-state index in [4.69, 9.17) is 0 Å². The zero-order chi connectivity index (χ0) is 20.1. The van der Waals surface area contributed by atoms with Crippen molar-refractivity contribution in [2.24, 2.45) is 0 Å². The molecule has 3 aromatic carbocycles. The minimum absolute atomic E-state index is 0.140. The third-order valence-electron chi connectivity index (χ3n) is 4.95. The van der Waals surface area contributed by atoms with E-state index in [-0.39, 0.29) is 5.91 Å². The number of anilines is 2. The summed E-state index contributed by atoms with van der Waals surface area (Å²) in [7, 11) is 0. The summed E-state index contributed by atoms with van der Waals surface area (Å²) in [4.78, 5) is 17.2. The molecule has 0 unspecified atom stereocenters. The molecule has 4 rings (SSSR count). The van der Waals surface area contributed by atoms with E-state index >= 15 is 0 Å². The number of aromatic nitrogens is 1. The number of nitrogens with zero attached hydrogens (tertiary/aromatic N) is 1. The van der Waals surface area contributed by atoms with Gasteiger partial charge >= 0.3 is 0 Å². The third kappa shape index (κ3) is 4.27. The average Bonchev–Trinajstić information content (AvgIpc) is 2.78. The van der Waals surface area contributed by atoms with Crippen LogP contribution in [-0.2, 0) is 13.0 Å². The van der Waals surface area contributed by atoms with E-state index in [1.54, 1.807) is 6.20 Å². The molecule has 29 heavy (non-hydrogen) atoms. The predicted molar refractivity (Wildman–Crippen MR) is 119 cm³/mol. The number of rotatable bonds is 6. The molecule has 0 spiro atoms. The summed E-state index contributed by atoms with van der Waals surface area (Å²) in [6.07, 6.45) is 2.71. The second-order valence-corrected chi connectivity index (χ2v) is 6.90. The van der Waals surface area contributed by atoms with Crippen molar-refractivity contribution in [2.75, 3.05) is 10.6 Å². The molecule has 0 radical (unpaired) electrons. The molecule has 144 valence electrons. The van der Waals surface area contributed by atoms with Crippen LogP contribution >= 0.6 is 0 Å². The normalized spacial score (nSPS) is 10.7. The van der Waals surface area contributed by atoms with Crippen molar-refractivity contribution in [3.63, 3.8) is 0 Å². The van der Waals surface area contributed by atoms with Gasteiger partial charge in [-0.15, -0.1) is 0 Å². The van der Waals surface area contributed by atoms with Gasteiger partial charge in [0.1, 0.15) is 0 Å². The molecule has 2 N–H and O–H groups in total. The van der Waals surface area contributed by atoms with Crippen molar-refractivity contribution in [2.45, 2.75) is 19.9 Å². The Balaban J connectivity index is 1.50. The van der Waals surface area contributed by atoms with Crippen LogP contribution in [0.1, 0.15) is 28.4 Å². The van der Waals surface area contributed by atoms with E-state index in [1.165, 1.54) is 5.56 Å². The topological polar surface area (TPSA) is 54.0 Å². The van der Waals surface area contributed by atoms with Crippen molar-refractivity contribution in [1.82, 2.24) is 4.98 Å². The lowest BCUT2D eigenvalue weighted by Crippen LogP contribution is -2.13. The highest BCUT2D eigenvalue weighted by atomic mass is 16.1. The highest BCUT2D eigenvalue weighted by Crippen LogP contribution is 2.22. The molecule has 0 aliphatic carbocycles. The standard InChI is InChI=1S/C25H23N3O/c1-2-19-9-3-4-13-22(19)27-17-18-8-5-11-21(16-18)25(29)28-23-14-6-10-20-12-7-15-26-24(20)23/h3-16,27H,2,17H2,1H3,(H,28,29). The zero-order valence-electron chi connectivity index (χ0n) is 16.4. The first-order valence-electron chi connectivity index (χ1n) is 9.80. The van der Waals surface area contributed by atoms with Gasteiger partial charge in [-0.25, -0.2) is 0 Å². The number of hydrogen-bond acceptors (Lipinski definition) is 3. The first-order chi connectivity index (χ1) is 14.2. The minimum atomic E-state index is -0.140. The number of amides is 1. The SMILES string of the molecule is CCc1ccccc1NCc1cccc(C(=O)Nc2cccc3cccnc23)c1. The monoisotopic (exact) mass is 381 g/mol. The number of pyridine rings is 1. The minimum Gasteiger partial charge on any atom is -0.381 e. The Morgan fingerprint density at radius 2 is 1.69 bits per heavy atom. The molecule has 1 heterocycles. The van der Waals surface area contributed by atoms with Crippen LogP contribution in [-0.4, -0.2) is 10.9 Å². The van der Waals surface area contributed by atoms with Crippen LogP contribution in [0, 0.1) is 0 Å². The number of carbonyl (C=O) groups excluding carboxylic acids is 1. The summed E-state index contributed by atoms with van der Waals surface area (Å²) in [5, 5.41) is 7.48. The summed E-state index contributed by atoms with van der Waals surface area (Å²) >= 11 is 0. The van der Waals surface area contributed by atoms with Gasteiger partial charge in [-0.1, -0.05) is 55.5 Å². The van der Waals surface area contributed by atoms with Crippen molar-refractivity contribution in [3.8, 4) is 0 Å². The van der Waals surface area contributed by atoms with Crippen LogP contribution in [0.2, 0.25) is 0 Å².